The van der Waals surface area contributed by atoms with Crippen LogP contribution in [-0.4, -0.2) is 43.0 Å². The summed E-state index contributed by atoms with van der Waals surface area (Å²) in [6, 6.07) is 7.53. The Kier molecular flexibility index (Phi) is 5.97. The average molecular weight is 352 g/mol. The minimum Gasteiger partial charge on any atom is -0.383 e. The van der Waals surface area contributed by atoms with Gasteiger partial charge in [0.1, 0.15) is 5.69 Å². The van der Waals surface area contributed by atoms with Crippen LogP contribution in [0.3, 0.4) is 0 Å². The highest BCUT2D eigenvalue weighted by atomic mass is 19.4. The maximum Gasteiger partial charge on any atom is 0.416 e. The minimum absolute atomic E-state index is 0.179. The Bertz CT molecular complexity index is 697. The third-order valence-corrected chi connectivity index (χ3v) is 3.35. The van der Waals surface area contributed by atoms with Gasteiger partial charge in [-0.05, 0) is 50.5 Å². The molecule has 2 N–H and O–H groups in total. The van der Waals surface area contributed by atoms with Crippen LogP contribution in [0.5, 0.6) is 0 Å². The molecule has 0 fully saturated rings. The number of benzene rings is 1. The first-order valence-electron chi connectivity index (χ1n) is 7.59. The van der Waals surface area contributed by atoms with Gasteiger partial charge in [-0.15, -0.1) is 0 Å². The fourth-order valence-electron chi connectivity index (χ4n) is 1.99. The van der Waals surface area contributed by atoms with Gasteiger partial charge in [-0.3, -0.25) is 4.79 Å². The normalized spacial score (nSPS) is 11.4. The molecule has 25 heavy (non-hydrogen) atoms. The number of anilines is 2. The predicted octanol–water partition coefficient (Wildman–Crippen LogP) is 3.33. The number of pyridine rings is 1. The first kappa shape index (κ1) is 18.7. The van der Waals surface area contributed by atoms with Gasteiger partial charge >= 0.3 is 6.18 Å². The molecule has 0 spiro atoms. The summed E-state index contributed by atoms with van der Waals surface area (Å²) in [5.74, 6) is -0.486. The number of rotatable bonds is 6. The Morgan fingerprint density at radius 1 is 1.08 bits per heavy atom. The number of alkyl halides is 3. The van der Waals surface area contributed by atoms with Gasteiger partial charge in [0.25, 0.3) is 5.91 Å². The molecule has 5 nitrogen and oxygen atoms in total. The van der Waals surface area contributed by atoms with Crippen molar-refractivity contribution in [2.45, 2.75) is 6.18 Å². The largest absolute Gasteiger partial charge is 0.416 e. The van der Waals surface area contributed by atoms with Crippen molar-refractivity contribution in [2.24, 2.45) is 0 Å². The number of hydrogen-bond acceptors (Lipinski definition) is 4. The highest BCUT2D eigenvalue weighted by molar-refractivity contribution is 6.02. The van der Waals surface area contributed by atoms with E-state index >= 15 is 0 Å². The number of nitrogens with zero attached hydrogens (tertiary/aromatic N) is 2. The van der Waals surface area contributed by atoms with E-state index in [9.17, 15) is 18.0 Å². The number of hydrogen-bond donors (Lipinski definition) is 2. The molecule has 0 saturated heterocycles. The summed E-state index contributed by atoms with van der Waals surface area (Å²) in [5, 5.41) is 5.69. The van der Waals surface area contributed by atoms with Crippen molar-refractivity contribution in [3.05, 3.63) is 53.9 Å². The molecule has 1 heterocycles. The van der Waals surface area contributed by atoms with Crippen molar-refractivity contribution >= 4 is 17.3 Å². The Labute approximate surface area is 143 Å². The summed E-state index contributed by atoms with van der Waals surface area (Å²) < 4.78 is 37.5. The van der Waals surface area contributed by atoms with Crippen molar-refractivity contribution in [1.29, 1.82) is 0 Å². The molecule has 1 amide bonds. The van der Waals surface area contributed by atoms with Gasteiger partial charge in [-0.1, -0.05) is 0 Å². The number of likely N-dealkylation sites (N-methyl/N-ethyl adjacent to an activating group) is 1. The minimum atomic E-state index is -4.40. The molecule has 2 rings (SSSR count). The van der Waals surface area contributed by atoms with Crippen molar-refractivity contribution in [1.82, 2.24) is 9.88 Å². The van der Waals surface area contributed by atoms with E-state index in [1.807, 2.05) is 19.0 Å². The molecule has 0 radical (unpaired) electrons. The lowest BCUT2D eigenvalue weighted by atomic mass is 10.2. The topological polar surface area (TPSA) is 57.3 Å². The second-order valence-electron chi connectivity index (χ2n) is 5.69. The molecule has 8 heteroatoms. The van der Waals surface area contributed by atoms with Crippen LogP contribution in [-0.2, 0) is 6.18 Å². The standard InChI is InChI=1S/C17H19F3N4O/c1-24(2)10-9-21-14-7-8-15(22-11-14)16(25)23-13-5-3-12(4-6-13)17(18,19)20/h3-8,11,21H,9-10H2,1-2H3,(H,23,25). The van der Waals surface area contributed by atoms with Crippen molar-refractivity contribution in [3.63, 3.8) is 0 Å². The molecule has 2 aromatic rings. The van der Waals surface area contributed by atoms with Crippen LogP contribution < -0.4 is 10.6 Å². The van der Waals surface area contributed by atoms with Crippen molar-refractivity contribution in [2.75, 3.05) is 37.8 Å². The first-order chi connectivity index (χ1) is 11.8. The zero-order valence-electron chi connectivity index (χ0n) is 13.9. The van der Waals surface area contributed by atoms with Gasteiger partial charge in [-0.25, -0.2) is 4.98 Å². The van der Waals surface area contributed by atoms with Crippen LogP contribution in [0.15, 0.2) is 42.6 Å². The quantitative estimate of drug-likeness (QED) is 0.837. The van der Waals surface area contributed by atoms with E-state index < -0.39 is 17.6 Å². The van der Waals surface area contributed by atoms with E-state index in [4.69, 9.17) is 0 Å². The lowest BCUT2D eigenvalue weighted by Crippen LogP contribution is -2.21. The molecule has 0 aliphatic heterocycles. The number of nitrogens with one attached hydrogen (secondary N) is 2. The van der Waals surface area contributed by atoms with Crippen LogP contribution in [0.4, 0.5) is 24.5 Å². The zero-order valence-corrected chi connectivity index (χ0v) is 13.9. The number of carbonyl (C=O) groups excluding carboxylic acids is 1. The lowest BCUT2D eigenvalue weighted by molar-refractivity contribution is -0.137. The van der Waals surface area contributed by atoms with Crippen LogP contribution in [0.2, 0.25) is 0 Å². The second-order valence-corrected chi connectivity index (χ2v) is 5.69. The second kappa shape index (κ2) is 7.98. The average Bonchev–Trinajstić information content (AvgIpc) is 2.55. The summed E-state index contributed by atoms with van der Waals surface area (Å²) in [4.78, 5) is 18.2. The molecular formula is C17H19F3N4O. The maximum absolute atomic E-state index is 12.5. The van der Waals surface area contributed by atoms with Crippen LogP contribution in [0.1, 0.15) is 16.1 Å². The van der Waals surface area contributed by atoms with E-state index in [0.717, 1.165) is 30.9 Å². The lowest BCUT2D eigenvalue weighted by Gasteiger charge is -2.11. The Balaban J connectivity index is 1.94. The zero-order chi connectivity index (χ0) is 18.4. The van der Waals surface area contributed by atoms with Crippen LogP contribution >= 0.6 is 0 Å². The molecule has 1 aromatic carbocycles. The van der Waals surface area contributed by atoms with Gasteiger partial charge in [0.2, 0.25) is 0 Å². The fraction of sp³-hybridized carbons (Fsp3) is 0.294. The summed E-state index contributed by atoms with van der Waals surface area (Å²) in [6.45, 7) is 1.60. The van der Waals surface area contributed by atoms with Crippen LogP contribution in [0.25, 0.3) is 0 Å². The smallest absolute Gasteiger partial charge is 0.383 e. The van der Waals surface area contributed by atoms with Gasteiger partial charge in [0, 0.05) is 18.8 Å². The Morgan fingerprint density at radius 3 is 2.24 bits per heavy atom. The molecular weight excluding hydrogens is 333 g/mol. The molecule has 0 bridgehead atoms. The molecule has 0 unspecified atom stereocenters. The number of aromatic nitrogens is 1. The number of amides is 1. The number of carbonyl (C=O) groups is 1. The van der Waals surface area contributed by atoms with E-state index in [0.29, 0.717) is 0 Å². The molecule has 0 aliphatic carbocycles. The third-order valence-electron chi connectivity index (χ3n) is 3.35. The summed E-state index contributed by atoms with van der Waals surface area (Å²) in [6.07, 6.45) is -2.86. The van der Waals surface area contributed by atoms with E-state index in [1.54, 1.807) is 12.1 Å². The molecule has 134 valence electrons. The Hall–Kier alpha value is -2.61. The molecule has 0 saturated carbocycles. The van der Waals surface area contributed by atoms with E-state index in [1.165, 1.54) is 18.3 Å². The Morgan fingerprint density at radius 2 is 1.72 bits per heavy atom. The van der Waals surface area contributed by atoms with E-state index in [-0.39, 0.29) is 11.4 Å². The van der Waals surface area contributed by atoms with Gasteiger partial charge in [0.05, 0.1) is 17.4 Å². The van der Waals surface area contributed by atoms with Gasteiger partial charge in [0.15, 0.2) is 0 Å². The first-order valence-corrected chi connectivity index (χ1v) is 7.59. The third kappa shape index (κ3) is 5.75. The summed E-state index contributed by atoms with van der Waals surface area (Å²) in [5.41, 5.74) is 0.468. The summed E-state index contributed by atoms with van der Waals surface area (Å²) >= 11 is 0. The van der Waals surface area contributed by atoms with E-state index in [2.05, 4.69) is 15.6 Å². The highest BCUT2D eigenvalue weighted by Gasteiger charge is 2.30. The molecule has 0 atom stereocenters. The number of halogens is 3. The van der Waals surface area contributed by atoms with Crippen molar-refractivity contribution in [3.8, 4) is 0 Å². The highest BCUT2D eigenvalue weighted by Crippen LogP contribution is 2.29. The van der Waals surface area contributed by atoms with Gasteiger partial charge in [-0.2, -0.15) is 13.2 Å². The van der Waals surface area contributed by atoms with Gasteiger partial charge < -0.3 is 15.5 Å². The van der Waals surface area contributed by atoms with Crippen LogP contribution in [0, 0.1) is 0 Å². The maximum atomic E-state index is 12.5. The molecule has 0 aliphatic rings. The summed E-state index contributed by atoms with van der Waals surface area (Å²) in [7, 11) is 3.93. The predicted molar refractivity (Wildman–Crippen MR) is 90.7 cm³/mol. The fourth-order valence-corrected chi connectivity index (χ4v) is 1.99. The molecule has 1 aromatic heterocycles. The monoisotopic (exact) mass is 352 g/mol. The van der Waals surface area contributed by atoms with Crippen molar-refractivity contribution < 1.29 is 18.0 Å². The SMILES string of the molecule is CN(C)CCNc1ccc(C(=O)Nc2ccc(C(F)(F)F)cc2)nc1.